The monoisotopic (exact) mass is 311 g/mol. The molecule has 1 aromatic heterocycles. The Kier molecular flexibility index (Phi) is 3.87. The Labute approximate surface area is 135 Å². The number of hydrogen-bond donors (Lipinski definition) is 2. The van der Waals surface area contributed by atoms with Gasteiger partial charge in [0, 0.05) is 23.7 Å². The van der Waals surface area contributed by atoms with Gasteiger partial charge in [0.25, 0.3) is 0 Å². The summed E-state index contributed by atoms with van der Waals surface area (Å²) in [6.07, 6.45) is 6.17. The van der Waals surface area contributed by atoms with Crippen LogP contribution in [-0.4, -0.2) is 24.0 Å². The van der Waals surface area contributed by atoms with Gasteiger partial charge in [-0.05, 0) is 56.5 Å². The molecule has 1 saturated carbocycles. The zero-order valence-electron chi connectivity index (χ0n) is 13.0. The normalized spacial score (nSPS) is 21.1. The van der Waals surface area contributed by atoms with Gasteiger partial charge >= 0.3 is 0 Å². The molecule has 1 atom stereocenters. The lowest BCUT2D eigenvalue weighted by Crippen LogP contribution is -2.37. The van der Waals surface area contributed by atoms with E-state index in [9.17, 15) is 4.79 Å². The first-order chi connectivity index (χ1) is 11.3. The SMILES string of the molecule is O=C(Nc1ccc(-c2cnc(C3CC3)o2)cc1)C1CCCNC1. The number of benzene rings is 1. The van der Waals surface area contributed by atoms with Crippen molar-refractivity contribution in [2.24, 2.45) is 5.92 Å². The van der Waals surface area contributed by atoms with Crippen molar-refractivity contribution in [3.8, 4) is 11.3 Å². The molecule has 1 aliphatic carbocycles. The van der Waals surface area contributed by atoms with Crippen LogP contribution in [0.3, 0.4) is 0 Å². The van der Waals surface area contributed by atoms with E-state index in [2.05, 4.69) is 15.6 Å². The summed E-state index contributed by atoms with van der Waals surface area (Å²) in [6.45, 7) is 1.78. The van der Waals surface area contributed by atoms with Crippen molar-refractivity contribution >= 4 is 11.6 Å². The van der Waals surface area contributed by atoms with Gasteiger partial charge in [-0.3, -0.25) is 4.79 Å². The van der Waals surface area contributed by atoms with Crippen molar-refractivity contribution in [2.45, 2.75) is 31.6 Å². The zero-order valence-corrected chi connectivity index (χ0v) is 13.0. The topological polar surface area (TPSA) is 67.2 Å². The Morgan fingerprint density at radius 1 is 1.22 bits per heavy atom. The summed E-state index contributed by atoms with van der Waals surface area (Å²) in [7, 11) is 0. The largest absolute Gasteiger partial charge is 0.440 e. The molecule has 2 heterocycles. The number of anilines is 1. The van der Waals surface area contributed by atoms with Gasteiger partial charge in [0.1, 0.15) is 0 Å². The summed E-state index contributed by atoms with van der Waals surface area (Å²) in [5, 5.41) is 6.27. The summed E-state index contributed by atoms with van der Waals surface area (Å²) in [6, 6.07) is 7.77. The molecule has 0 spiro atoms. The van der Waals surface area contributed by atoms with Gasteiger partial charge < -0.3 is 15.1 Å². The fourth-order valence-corrected chi connectivity index (χ4v) is 2.98. The van der Waals surface area contributed by atoms with Crippen LogP contribution in [0, 0.1) is 5.92 Å². The van der Waals surface area contributed by atoms with Crippen molar-refractivity contribution in [3.63, 3.8) is 0 Å². The summed E-state index contributed by atoms with van der Waals surface area (Å²) >= 11 is 0. The number of aromatic nitrogens is 1. The maximum atomic E-state index is 12.2. The fourth-order valence-electron chi connectivity index (χ4n) is 2.98. The van der Waals surface area contributed by atoms with Gasteiger partial charge in [0.15, 0.2) is 11.7 Å². The quantitative estimate of drug-likeness (QED) is 0.910. The standard InChI is InChI=1S/C18H21N3O2/c22-17(14-2-1-9-19-10-14)21-15-7-5-12(6-8-15)16-11-20-18(23-16)13-3-4-13/h5-8,11,13-14,19H,1-4,9-10H2,(H,21,22). The van der Waals surface area contributed by atoms with E-state index in [-0.39, 0.29) is 11.8 Å². The Hall–Kier alpha value is -2.14. The summed E-state index contributed by atoms with van der Waals surface area (Å²) < 4.78 is 5.80. The third kappa shape index (κ3) is 3.29. The highest BCUT2D eigenvalue weighted by molar-refractivity contribution is 5.93. The van der Waals surface area contributed by atoms with E-state index in [1.54, 1.807) is 6.20 Å². The van der Waals surface area contributed by atoms with Crippen molar-refractivity contribution in [3.05, 3.63) is 36.4 Å². The third-order valence-corrected chi connectivity index (χ3v) is 4.55. The predicted octanol–water partition coefficient (Wildman–Crippen LogP) is 3.16. The van der Waals surface area contributed by atoms with Crippen molar-refractivity contribution in [1.29, 1.82) is 0 Å². The molecule has 2 fully saturated rings. The van der Waals surface area contributed by atoms with Crippen LogP contribution in [-0.2, 0) is 4.79 Å². The van der Waals surface area contributed by atoms with Crippen LogP contribution in [0.1, 0.15) is 37.5 Å². The van der Waals surface area contributed by atoms with Gasteiger partial charge in [-0.2, -0.15) is 0 Å². The first kappa shape index (κ1) is 14.5. The molecule has 2 aliphatic rings. The molecular weight excluding hydrogens is 290 g/mol. The number of carbonyl (C=O) groups excluding carboxylic acids is 1. The highest BCUT2D eigenvalue weighted by atomic mass is 16.4. The van der Waals surface area contributed by atoms with Gasteiger partial charge in [-0.1, -0.05) is 0 Å². The molecule has 1 unspecified atom stereocenters. The van der Waals surface area contributed by atoms with E-state index >= 15 is 0 Å². The third-order valence-electron chi connectivity index (χ3n) is 4.55. The van der Waals surface area contributed by atoms with Crippen molar-refractivity contribution < 1.29 is 9.21 Å². The number of nitrogens with one attached hydrogen (secondary N) is 2. The van der Waals surface area contributed by atoms with E-state index in [0.717, 1.165) is 48.8 Å². The Morgan fingerprint density at radius 2 is 2.04 bits per heavy atom. The minimum Gasteiger partial charge on any atom is -0.440 e. The molecule has 23 heavy (non-hydrogen) atoms. The molecule has 120 valence electrons. The average molecular weight is 311 g/mol. The molecule has 1 saturated heterocycles. The molecular formula is C18H21N3O2. The maximum Gasteiger partial charge on any atom is 0.228 e. The number of hydrogen-bond acceptors (Lipinski definition) is 4. The average Bonchev–Trinajstić information content (AvgIpc) is 3.34. The minimum atomic E-state index is 0.0683. The van der Waals surface area contributed by atoms with Crippen LogP contribution < -0.4 is 10.6 Å². The second-order valence-corrected chi connectivity index (χ2v) is 6.45. The molecule has 4 rings (SSSR count). The second-order valence-electron chi connectivity index (χ2n) is 6.45. The molecule has 0 bridgehead atoms. The van der Waals surface area contributed by atoms with Crippen molar-refractivity contribution in [2.75, 3.05) is 18.4 Å². The molecule has 5 nitrogen and oxygen atoms in total. The van der Waals surface area contributed by atoms with E-state index in [1.165, 1.54) is 12.8 Å². The second kappa shape index (κ2) is 6.16. The number of amides is 1. The van der Waals surface area contributed by atoms with Crippen LogP contribution in [0.15, 0.2) is 34.9 Å². The Balaban J connectivity index is 1.41. The predicted molar refractivity (Wildman–Crippen MR) is 88.1 cm³/mol. The van der Waals surface area contributed by atoms with Gasteiger partial charge in [0.2, 0.25) is 5.91 Å². The smallest absolute Gasteiger partial charge is 0.228 e. The number of piperidine rings is 1. The number of nitrogens with zero attached hydrogens (tertiary/aromatic N) is 1. The fraction of sp³-hybridized carbons (Fsp3) is 0.444. The minimum absolute atomic E-state index is 0.0683. The van der Waals surface area contributed by atoms with Crippen LogP contribution in [0.2, 0.25) is 0 Å². The molecule has 1 aliphatic heterocycles. The van der Waals surface area contributed by atoms with Crippen LogP contribution >= 0.6 is 0 Å². The van der Waals surface area contributed by atoms with Crippen LogP contribution in [0.25, 0.3) is 11.3 Å². The van der Waals surface area contributed by atoms with Crippen molar-refractivity contribution in [1.82, 2.24) is 10.3 Å². The van der Waals surface area contributed by atoms with E-state index in [4.69, 9.17) is 4.42 Å². The van der Waals surface area contributed by atoms with E-state index < -0.39 is 0 Å². The van der Waals surface area contributed by atoms with Gasteiger partial charge in [-0.25, -0.2) is 4.98 Å². The van der Waals surface area contributed by atoms with Gasteiger partial charge in [0.05, 0.1) is 12.1 Å². The maximum absolute atomic E-state index is 12.2. The molecule has 1 aromatic carbocycles. The zero-order chi connectivity index (χ0) is 15.6. The molecule has 5 heteroatoms. The first-order valence-electron chi connectivity index (χ1n) is 8.37. The molecule has 0 radical (unpaired) electrons. The molecule has 2 aromatic rings. The highest BCUT2D eigenvalue weighted by Crippen LogP contribution is 2.40. The Bertz CT molecular complexity index is 683. The number of rotatable bonds is 4. The Morgan fingerprint density at radius 3 is 2.74 bits per heavy atom. The number of oxazole rings is 1. The highest BCUT2D eigenvalue weighted by Gasteiger charge is 2.28. The summed E-state index contributed by atoms with van der Waals surface area (Å²) in [5.74, 6) is 2.33. The summed E-state index contributed by atoms with van der Waals surface area (Å²) in [4.78, 5) is 16.6. The first-order valence-corrected chi connectivity index (χ1v) is 8.37. The lowest BCUT2D eigenvalue weighted by atomic mass is 9.99. The lowest BCUT2D eigenvalue weighted by molar-refractivity contribution is -0.120. The van der Waals surface area contributed by atoms with E-state index in [0.29, 0.717) is 5.92 Å². The van der Waals surface area contributed by atoms with E-state index in [1.807, 2.05) is 24.3 Å². The van der Waals surface area contributed by atoms with Crippen LogP contribution in [0.4, 0.5) is 5.69 Å². The van der Waals surface area contributed by atoms with Crippen LogP contribution in [0.5, 0.6) is 0 Å². The lowest BCUT2D eigenvalue weighted by Gasteiger charge is -2.21. The molecule has 1 amide bonds. The van der Waals surface area contributed by atoms with Gasteiger partial charge in [-0.15, -0.1) is 0 Å². The molecule has 2 N–H and O–H groups in total. The number of carbonyl (C=O) groups is 1. The summed E-state index contributed by atoms with van der Waals surface area (Å²) in [5.41, 5.74) is 1.81.